The quantitative estimate of drug-likeness (QED) is 0.471. The predicted octanol–water partition coefficient (Wildman–Crippen LogP) is 5.13. The molecular formula is C19H24O. The van der Waals surface area contributed by atoms with Crippen LogP contribution in [-0.2, 0) is 11.2 Å². The highest BCUT2D eigenvalue weighted by Crippen LogP contribution is 2.18. The standard InChI is InChI=1S/C19H24O/c1-4-6-13-18(5-2)19-14-9-12-17(15-19)11-8-7-10-16(3)20/h4-6,9,12-15H,2,7-8,10-11H2,1,3H3/b6-4-,18-13+. The van der Waals surface area contributed by atoms with Crippen LogP contribution < -0.4 is 0 Å². The fourth-order valence-electron chi connectivity index (χ4n) is 2.09. The van der Waals surface area contributed by atoms with Gasteiger partial charge >= 0.3 is 0 Å². The van der Waals surface area contributed by atoms with Crippen LogP contribution in [0.1, 0.15) is 44.2 Å². The summed E-state index contributed by atoms with van der Waals surface area (Å²) in [6.45, 7) is 7.53. The van der Waals surface area contributed by atoms with Gasteiger partial charge in [-0.1, -0.05) is 55.1 Å². The lowest BCUT2D eigenvalue weighted by molar-refractivity contribution is -0.117. The van der Waals surface area contributed by atoms with E-state index in [0.717, 1.165) is 24.8 Å². The molecule has 1 aromatic carbocycles. The van der Waals surface area contributed by atoms with Crippen LogP contribution in [0.25, 0.3) is 5.57 Å². The first-order chi connectivity index (χ1) is 9.67. The number of ketones is 1. The second-order valence-corrected chi connectivity index (χ2v) is 4.96. The van der Waals surface area contributed by atoms with Gasteiger partial charge in [-0.05, 0) is 49.8 Å². The molecule has 1 aromatic rings. The van der Waals surface area contributed by atoms with Crippen LogP contribution in [0.2, 0.25) is 0 Å². The molecule has 0 radical (unpaired) electrons. The van der Waals surface area contributed by atoms with E-state index in [2.05, 4.69) is 36.9 Å². The highest BCUT2D eigenvalue weighted by molar-refractivity contribution is 5.75. The first-order valence-corrected chi connectivity index (χ1v) is 7.21. The van der Waals surface area contributed by atoms with Gasteiger partial charge in [0.25, 0.3) is 0 Å². The molecule has 0 aliphatic rings. The lowest BCUT2D eigenvalue weighted by Crippen LogP contribution is -1.92. The van der Waals surface area contributed by atoms with E-state index in [1.807, 2.05) is 25.2 Å². The van der Waals surface area contributed by atoms with Gasteiger partial charge in [0.2, 0.25) is 0 Å². The van der Waals surface area contributed by atoms with Crippen LogP contribution in [0.15, 0.2) is 55.1 Å². The van der Waals surface area contributed by atoms with Crippen LogP contribution in [-0.4, -0.2) is 5.78 Å². The predicted molar refractivity (Wildman–Crippen MR) is 87.7 cm³/mol. The number of hydrogen-bond donors (Lipinski definition) is 0. The summed E-state index contributed by atoms with van der Waals surface area (Å²) in [6.07, 6.45) is 11.7. The zero-order valence-electron chi connectivity index (χ0n) is 12.6. The van der Waals surface area contributed by atoms with E-state index in [9.17, 15) is 4.79 Å². The number of Topliss-reactive ketones (excluding diaryl/α,β-unsaturated/α-hetero) is 1. The van der Waals surface area contributed by atoms with Crippen molar-refractivity contribution in [2.45, 2.75) is 39.5 Å². The molecule has 0 spiro atoms. The monoisotopic (exact) mass is 268 g/mol. The summed E-state index contributed by atoms with van der Waals surface area (Å²) in [4.78, 5) is 10.9. The smallest absolute Gasteiger partial charge is 0.129 e. The maximum Gasteiger partial charge on any atom is 0.129 e. The van der Waals surface area contributed by atoms with Gasteiger partial charge in [-0.25, -0.2) is 0 Å². The Morgan fingerprint density at radius 2 is 2.10 bits per heavy atom. The molecule has 20 heavy (non-hydrogen) atoms. The summed E-state index contributed by atoms with van der Waals surface area (Å²) in [6, 6.07) is 8.55. The normalized spacial score (nSPS) is 11.8. The van der Waals surface area contributed by atoms with Crippen molar-refractivity contribution >= 4 is 11.4 Å². The minimum atomic E-state index is 0.280. The van der Waals surface area contributed by atoms with E-state index in [-0.39, 0.29) is 5.78 Å². The Morgan fingerprint density at radius 1 is 1.30 bits per heavy atom. The molecule has 0 saturated carbocycles. The summed E-state index contributed by atoms with van der Waals surface area (Å²) in [5, 5.41) is 0. The molecule has 0 amide bonds. The molecule has 0 aliphatic heterocycles. The van der Waals surface area contributed by atoms with Gasteiger partial charge < -0.3 is 4.79 Å². The van der Waals surface area contributed by atoms with Gasteiger partial charge in [0.05, 0.1) is 0 Å². The van der Waals surface area contributed by atoms with Crippen LogP contribution >= 0.6 is 0 Å². The summed E-state index contributed by atoms with van der Waals surface area (Å²) >= 11 is 0. The SMILES string of the molecule is C=C/C(=C\C=C/C)c1cccc(CCCCC(C)=O)c1. The van der Waals surface area contributed by atoms with E-state index in [0.29, 0.717) is 6.42 Å². The molecule has 0 saturated heterocycles. The highest BCUT2D eigenvalue weighted by Gasteiger charge is 2.00. The number of carbonyl (C=O) groups is 1. The Bertz CT molecular complexity index is 506. The number of carbonyl (C=O) groups excluding carboxylic acids is 1. The summed E-state index contributed by atoms with van der Waals surface area (Å²) in [5.74, 6) is 0.280. The largest absolute Gasteiger partial charge is 0.300 e. The molecule has 1 nitrogen and oxygen atoms in total. The van der Waals surface area contributed by atoms with Crippen LogP contribution in [0, 0.1) is 0 Å². The van der Waals surface area contributed by atoms with Crippen molar-refractivity contribution in [2.75, 3.05) is 0 Å². The van der Waals surface area contributed by atoms with Gasteiger partial charge in [-0.15, -0.1) is 0 Å². The summed E-state index contributed by atoms with van der Waals surface area (Å²) < 4.78 is 0. The molecule has 1 heteroatoms. The van der Waals surface area contributed by atoms with Gasteiger partial charge in [-0.3, -0.25) is 0 Å². The number of benzene rings is 1. The van der Waals surface area contributed by atoms with Gasteiger partial charge in [-0.2, -0.15) is 0 Å². The van der Waals surface area contributed by atoms with E-state index in [4.69, 9.17) is 0 Å². The average molecular weight is 268 g/mol. The zero-order valence-corrected chi connectivity index (χ0v) is 12.6. The van der Waals surface area contributed by atoms with Crippen molar-refractivity contribution < 1.29 is 4.79 Å². The molecule has 0 bridgehead atoms. The average Bonchev–Trinajstić information content (AvgIpc) is 2.45. The lowest BCUT2D eigenvalue weighted by atomic mass is 9.99. The van der Waals surface area contributed by atoms with Gasteiger partial charge in [0, 0.05) is 6.42 Å². The van der Waals surface area contributed by atoms with Crippen molar-refractivity contribution in [3.05, 3.63) is 66.3 Å². The molecule has 0 unspecified atom stereocenters. The molecule has 0 heterocycles. The van der Waals surface area contributed by atoms with Crippen molar-refractivity contribution in [1.82, 2.24) is 0 Å². The molecule has 0 aromatic heterocycles. The fraction of sp³-hybridized carbons (Fsp3) is 0.316. The second kappa shape index (κ2) is 9.08. The van der Waals surface area contributed by atoms with E-state index in [1.54, 1.807) is 6.92 Å². The van der Waals surface area contributed by atoms with E-state index >= 15 is 0 Å². The maximum atomic E-state index is 10.9. The second-order valence-electron chi connectivity index (χ2n) is 4.96. The molecule has 0 aliphatic carbocycles. The third kappa shape index (κ3) is 5.83. The third-order valence-electron chi connectivity index (χ3n) is 3.19. The molecule has 0 N–H and O–H groups in total. The van der Waals surface area contributed by atoms with Crippen LogP contribution in [0.5, 0.6) is 0 Å². The Morgan fingerprint density at radius 3 is 2.75 bits per heavy atom. The molecule has 0 atom stereocenters. The molecule has 0 fully saturated rings. The van der Waals surface area contributed by atoms with Crippen molar-refractivity contribution in [1.29, 1.82) is 0 Å². The van der Waals surface area contributed by atoms with Gasteiger partial charge in [0.15, 0.2) is 0 Å². The number of hydrogen-bond acceptors (Lipinski definition) is 1. The topological polar surface area (TPSA) is 17.1 Å². The van der Waals surface area contributed by atoms with E-state index in [1.165, 1.54) is 11.1 Å². The molecule has 106 valence electrons. The first kappa shape index (κ1) is 16.2. The van der Waals surface area contributed by atoms with E-state index < -0.39 is 0 Å². The number of allylic oxidation sites excluding steroid dienone is 5. The summed E-state index contributed by atoms with van der Waals surface area (Å²) in [7, 11) is 0. The Balaban J connectivity index is 2.69. The van der Waals surface area contributed by atoms with Crippen LogP contribution in [0.3, 0.4) is 0 Å². The zero-order chi connectivity index (χ0) is 14.8. The summed E-state index contributed by atoms with van der Waals surface area (Å²) in [5.41, 5.74) is 3.65. The molecular weight excluding hydrogens is 244 g/mol. The first-order valence-electron chi connectivity index (χ1n) is 7.21. The number of unbranched alkanes of at least 4 members (excludes halogenated alkanes) is 1. The molecule has 1 rings (SSSR count). The number of aryl methyl sites for hydroxylation is 1. The third-order valence-corrected chi connectivity index (χ3v) is 3.19. The minimum Gasteiger partial charge on any atom is -0.300 e. The number of rotatable bonds is 8. The van der Waals surface area contributed by atoms with Crippen molar-refractivity contribution in [3.63, 3.8) is 0 Å². The lowest BCUT2D eigenvalue weighted by Gasteiger charge is -2.06. The Labute approximate surface area is 122 Å². The van der Waals surface area contributed by atoms with Crippen molar-refractivity contribution in [3.8, 4) is 0 Å². The van der Waals surface area contributed by atoms with Crippen molar-refractivity contribution in [2.24, 2.45) is 0 Å². The van der Waals surface area contributed by atoms with Crippen LogP contribution in [0.4, 0.5) is 0 Å². The maximum absolute atomic E-state index is 10.9. The highest BCUT2D eigenvalue weighted by atomic mass is 16.1. The Kier molecular flexibility index (Phi) is 7.34. The fourth-order valence-corrected chi connectivity index (χ4v) is 2.09. The Hall–Kier alpha value is -1.89. The van der Waals surface area contributed by atoms with Gasteiger partial charge in [0.1, 0.15) is 5.78 Å². The minimum absolute atomic E-state index is 0.280.